The lowest BCUT2D eigenvalue weighted by Gasteiger charge is -2.28. The van der Waals surface area contributed by atoms with Crippen molar-refractivity contribution in [3.63, 3.8) is 0 Å². The Morgan fingerprint density at radius 1 is 1.09 bits per heavy atom. The summed E-state index contributed by atoms with van der Waals surface area (Å²) >= 11 is 1.64. The van der Waals surface area contributed by atoms with Gasteiger partial charge in [0, 0.05) is 41.9 Å². The van der Waals surface area contributed by atoms with Gasteiger partial charge in [0.1, 0.15) is 16.5 Å². The van der Waals surface area contributed by atoms with Crippen LogP contribution in [-0.2, 0) is 6.54 Å². The van der Waals surface area contributed by atoms with Crippen LogP contribution in [0.1, 0.15) is 15.9 Å². The summed E-state index contributed by atoms with van der Waals surface area (Å²) in [7, 11) is 3.17. The minimum Gasteiger partial charge on any atom is -0.497 e. The maximum atomic E-state index is 12.8. The van der Waals surface area contributed by atoms with Crippen molar-refractivity contribution in [2.45, 2.75) is 11.6 Å². The molecule has 0 saturated heterocycles. The molecule has 0 unspecified atom stereocenters. The summed E-state index contributed by atoms with van der Waals surface area (Å²) < 4.78 is 10.6. The molecule has 0 saturated carbocycles. The summed E-state index contributed by atoms with van der Waals surface area (Å²) in [6, 6.07) is 15.7. The molecule has 3 amide bonds. The van der Waals surface area contributed by atoms with Crippen LogP contribution in [0.5, 0.6) is 11.5 Å². The highest BCUT2D eigenvalue weighted by Gasteiger charge is 2.23. The van der Waals surface area contributed by atoms with Gasteiger partial charge in [-0.25, -0.2) is 9.78 Å². The van der Waals surface area contributed by atoms with Gasteiger partial charge in [-0.1, -0.05) is 0 Å². The zero-order chi connectivity index (χ0) is 23.2. The number of aromatic nitrogens is 1. The van der Waals surface area contributed by atoms with Crippen molar-refractivity contribution in [1.82, 2.24) is 10.3 Å². The number of hydrogen-bond donors (Lipinski definition) is 2. The molecule has 9 heteroatoms. The second-order valence-electron chi connectivity index (χ2n) is 7.20. The van der Waals surface area contributed by atoms with Gasteiger partial charge >= 0.3 is 6.03 Å². The van der Waals surface area contributed by atoms with Crippen molar-refractivity contribution < 1.29 is 19.1 Å². The number of hydrogen-bond acceptors (Lipinski definition) is 6. The summed E-state index contributed by atoms with van der Waals surface area (Å²) in [5, 5.41) is 6.62. The molecule has 0 spiro atoms. The first kappa shape index (κ1) is 22.5. The monoisotopic (exact) mass is 464 g/mol. The summed E-state index contributed by atoms with van der Waals surface area (Å²) in [5.74, 6) is 1.91. The number of nitrogens with zero attached hydrogens (tertiary/aromatic N) is 2. The van der Waals surface area contributed by atoms with Crippen molar-refractivity contribution in [3.05, 3.63) is 71.9 Å². The van der Waals surface area contributed by atoms with E-state index < -0.39 is 0 Å². The molecule has 0 aliphatic carbocycles. The molecule has 1 aliphatic heterocycles. The highest BCUT2D eigenvalue weighted by atomic mass is 32.2. The first-order valence-electron chi connectivity index (χ1n) is 10.3. The molecular formula is C24H24N4O4S. The summed E-state index contributed by atoms with van der Waals surface area (Å²) in [4.78, 5) is 31.4. The number of thioether (sulfide) groups is 1. The number of methoxy groups -OCH3 is 2. The van der Waals surface area contributed by atoms with E-state index in [4.69, 9.17) is 9.47 Å². The lowest BCUT2D eigenvalue weighted by atomic mass is 10.1. The standard InChI is InChI=1S/C24H24N4O4S/c1-31-19-9-10-21(32-2)17(14-19)15-26-22(29)16-5-7-18(8-6-16)27-24(30)28-12-13-33-23-20(28)4-3-11-25-23/h3-11,14H,12-13,15H2,1-2H3,(H,26,29)(H,27,30). The number of anilines is 2. The van der Waals surface area contributed by atoms with Gasteiger partial charge in [-0.3, -0.25) is 9.69 Å². The average Bonchev–Trinajstić information content (AvgIpc) is 2.87. The Balaban J connectivity index is 1.38. The number of pyridine rings is 1. The average molecular weight is 465 g/mol. The normalized spacial score (nSPS) is 12.5. The van der Waals surface area contributed by atoms with Gasteiger partial charge in [-0.2, -0.15) is 0 Å². The Morgan fingerprint density at radius 3 is 2.67 bits per heavy atom. The van der Waals surface area contributed by atoms with Crippen LogP contribution in [0.15, 0.2) is 65.8 Å². The highest BCUT2D eigenvalue weighted by molar-refractivity contribution is 7.99. The van der Waals surface area contributed by atoms with E-state index in [2.05, 4.69) is 15.6 Å². The van der Waals surface area contributed by atoms with Crippen LogP contribution >= 0.6 is 11.8 Å². The van der Waals surface area contributed by atoms with E-state index in [1.54, 1.807) is 73.5 Å². The van der Waals surface area contributed by atoms with Crippen molar-refractivity contribution in [2.75, 3.05) is 36.7 Å². The second kappa shape index (κ2) is 10.3. The molecule has 1 aromatic heterocycles. The predicted molar refractivity (Wildman–Crippen MR) is 128 cm³/mol. The molecule has 2 N–H and O–H groups in total. The number of benzene rings is 2. The van der Waals surface area contributed by atoms with Crippen LogP contribution in [0.2, 0.25) is 0 Å². The number of urea groups is 1. The van der Waals surface area contributed by atoms with Crippen LogP contribution in [0.25, 0.3) is 0 Å². The topological polar surface area (TPSA) is 92.8 Å². The van der Waals surface area contributed by atoms with Gasteiger partial charge in [0.05, 0.1) is 19.9 Å². The second-order valence-corrected chi connectivity index (χ2v) is 8.28. The van der Waals surface area contributed by atoms with Crippen molar-refractivity contribution in [3.8, 4) is 11.5 Å². The maximum Gasteiger partial charge on any atom is 0.326 e. The Morgan fingerprint density at radius 2 is 1.91 bits per heavy atom. The van der Waals surface area contributed by atoms with Gasteiger partial charge in [0.25, 0.3) is 5.91 Å². The zero-order valence-corrected chi connectivity index (χ0v) is 19.1. The number of nitrogens with one attached hydrogen (secondary N) is 2. The fourth-order valence-electron chi connectivity index (χ4n) is 3.46. The molecular weight excluding hydrogens is 440 g/mol. The SMILES string of the molecule is COc1ccc(OC)c(CNC(=O)c2ccc(NC(=O)N3CCSc4ncccc43)cc2)c1. The lowest BCUT2D eigenvalue weighted by Crippen LogP contribution is -2.38. The van der Waals surface area contributed by atoms with Crippen LogP contribution < -0.4 is 25.0 Å². The van der Waals surface area contributed by atoms with Gasteiger partial charge in [0.2, 0.25) is 0 Å². The number of carbonyl (C=O) groups is 2. The van der Waals surface area contributed by atoms with Gasteiger partial charge < -0.3 is 20.1 Å². The highest BCUT2D eigenvalue weighted by Crippen LogP contribution is 2.32. The first-order valence-corrected chi connectivity index (χ1v) is 11.3. The minimum absolute atomic E-state index is 0.230. The van der Waals surface area contributed by atoms with E-state index in [1.165, 1.54) is 0 Å². The zero-order valence-electron chi connectivity index (χ0n) is 18.3. The fraction of sp³-hybridized carbons (Fsp3) is 0.208. The summed E-state index contributed by atoms with van der Waals surface area (Å²) in [6.45, 7) is 0.890. The molecule has 33 heavy (non-hydrogen) atoms. The third kappa shape index (κ3) is 5.20. The molecule has 8 nitrogen and oxygen atoms in total. The van der Waals surface area contributed by atoms with E-state index in [0.29, 0.717) is 29.3 Å². The Kier molecular flexibility index (Phi) is 6.99. The van der Waals surface area contributed by atoms with Crippen LogP contribution in [0.4, 0.5) is 16.2 Å². The molecule has 0 fully saturated rings. The predicted octanol–water partition coefficient (Wildman–Crippen LogP) is 4.17. The first-order chi connectivity index (χ1) is 16.1. The van der Waals surface area contributed by atoms with Crippen molar-refractivity contribution >= 4 is 35.1 Å². The molecule has 0 radical (unpaired) electrons. The number of fused-ring (bicyclic) bond motifs is 1. The van der Waals surface area contributed by atoms with E-state index in [9.17, 15) is 9.59 Å². The van der Waals surface area contributed by atoms with Crippen LogP contribution in [0.3, 0.4) is 0 Å². The number of ether oxygens (including phenoxy) is 2. The third-order valence-electron chi connectivity index (χ3n) is 5.17. The van der Waals surface area contributed by atoms with Crippen LogP contribution in [-0.4, -0.2) is 43.4 Å². The summed E-state index contributed by atoms with van der Waals surface area (Å²) in [6.07, 6.45) is 1.72. The van der Waals surface area contributed by atoms with E-state index in [1.807, 2.05) is 18.2 Å². The minimum atomic E-state index is -0.231. The van der Waals surface area contributed by atoms with Gasteiger partial charge in [0.15, 0.2) is 0 Å². The van der Waals surface area contributed by atoms with E-state index >= 15 is 0 Å². The lowest BCUT2D eigenvalue weighted by molar-refractivity contribution is 0.0950. The smallest absolute Gasteiger partial charge is 0.326 e. The Labute approximate surface area is 196 Å². The molecule has 2 aromatic carbocycles. The summed E-state index contributed by atoms with van der Waals surface area (Å²) in [5.41, 5.74) is 2.70. The molecule has 0 atom stereocenters. The molecule has 0 bridgehead atoms. The largest absolute Gasteiger partial charge is 0.497 e. The van der Waals surface area contributed by atoms with E-state index in [0.717, 1.165) is 22.0 Å². The van der Waals surface area contributed by atoms with Crippen molar-refractivity contribution in [1.29, 1.82) is 0 Å². The molecule has 1 aliphatic rings. The number of carbonyl (C=O) groups excluding carboxylic acids is 2. The quantitative estimate of drug-likeness (QED) is 0.569. The van der Waals surface area contributed by atoms with Crippen molar-refractivity contribution in [2.24, 2.45) is 0 Å². The Hall–Kier alpha value is -3.72. The van der Waals surface area contributed by atoms with Gasteiger partial charge in [-0.15, -0.1) is 11.8 Å². The van der Waals surface area contributed by atoms with E-state index in [-0.39, 0.29) is 18.5 Å². The number of amides is 3. The molecule has 2 heterocycles. The maximum absolute atomic E-state index is 12.8. The molecule has 170 valence electrons. The molecule has 4 rings (SSSR count). The molecule has 3 aromatic rings. The third-order valence-corrected chi connectivity index (χ3v) is 6.14. The van der Waals surface area contributed by atoms with Gasteiger partial charge in [-0.05, 0) is 54.6 Å². The fourth-order valence-corrected chi connectivity index (χ4v) is 4.39. The number of rotatable bonds is 6. The van der Waals surface area contributed by atoms with Crippen LogP contribution in [0, 0.1) is 0 Å². The Bertz CT molecular complexity index is 1150.